The van der Waals surface area contributed by atoms with Crippen LogP contribution in [0.1, 0.15) is 61.0 Å². The van der Waals surface area contributed by atoms with Gasteiger partial charge in [0.2, 0.25) is 10.0 Å². The van der Waals surface area contributed by atoms with Crippen molar-refractivity contribution in [2.45, 2.75) is 63.0 Å². The van der Waals surface area contributed by atoms with Gasteiger partial charge >= 0.3 is 0 Å². The number of rotatable bonds is 7. The van der Waals surface area contributed by atoms with E-state index in [4.69, 9.17) is 0 Å². The average Bonchev–Trinajstić information content (AvgIpc) is 3.42. The minimum absolute atomic E-state index is 0.182. The standard InChI is InChI=1S/C26H33N5O3S/c1-18(2)35(33,34)28-22-8-5-7-20(14-22)19-10-12-30(13-11-19)16-23-17-31(29-27-23)26-24-9-4-3-6-21(24)15-25(26)32/h3-9,14,17-19,25-26,28,32H,10-13,15-16H2,1-2H3/t25-,26-/m1/s1. The van der Waals surface area contributed by atoms with Gasteiger partial charge in [0.25, 0.3) is 0 Å². The van der Waals surface area contributed by atoms with Crippen molar-refractivity contribution in [1.29, 1.82) is 0 Å². The summed E-state index contributed by atoms with van der Waals surface area (Å²) in [5.74, 6) is 0.399. The Bertz CT molecular complexity index is 1280. The number of likely N-dealkylation sites (tertiary alicyclic amines) is 1. The maximum absolute atomic E-state index is 12.2. The number of aliphatic hydroxyl groups is 1. The van der Waals surface area contributed by atoms with Gasteiger partial charge < -0.3 is 5.11 Å². The molecule has 1 aromatic heterocycles. The number of nitrogens with zero attached hydrogens (tertiary/aromatic N) is 4. The third-order valence-electron chi connectivity index (χ3n) is 7.22. The van der Waals surface area contributed by atoms with Gasteiger partial charge in [0, 0.05) is 18.7 Å². The summed E-state index contributed by atoms with van der Waals surface area (Å²) in [4.78, 5) is 2.38. The van der Waals surface area contributed by atoms with Gasteiger partial charge in [-0.1, -0.05) is 41.6 Å². The molecule has 2 aromatic carbocycles. The van der Waals surface area contributed by atoms with Crippen LogP contribution in [-0.4, -0.2) is 57.9 Å². The van der Waals surface area contributed by atoms with Crippen LogP contribution >= 0.6 is 0 Å². The van der Waals surface area contributed by atoms with Gasteiger partial charge in [0.1, 0.15) is 6.04 Å². The molecule has 3 aromatic rings. The third-order valence-corrected chi connectivity index (χ3v) is 8.98. The molecule has 5 rings (SSSR count). The van der Waals surface area contributed by atoms with Crippen LogP contribution < -0.4 is 4.72 Å². The fourth-order valence-electron chi connectivity index (χ4n) is 5.19. The fourth-order valence-corrected chi connectivity index (χ4v) is 5.88. The van der Waals surface area contributed by atoms with Crippen LogP contribution in [0.2, 0.25) is 0 Å². The lowest BCUT2D eigenvalue weighted by Gasteiger charge is -2.31. The van der Waals surface area contributed by atoms with Gasteiger partial charge in [0.05, 0.1) is 23.2 Å². The van der Waals surface area contributed by atoms with Crippen molar-refractivity contribution in [3.8, 4) is 0 Å². The summed E-state index contributed by atoms with van der Waals surface area (Å²) < 4.78 is 29.0. The molecule has 0 saturated carbocycles. The molecule has 0 amide bonds. The number of benzene rings is 2. The second kappa shape index (κ2) is 9.72. The molecule has 1 aliphatic heterocycles. The highest BCUT2D eigenvalue weighted by atomic mass is 32.2. The summed E-state index contributed by atoms with van der Waals surface area (Å²) in [6.45, 7) is 5.96. The zero-order valence-corrected chi connectivity index (χ0v) is 21.0. The monoisotopic (exact) mass is 495 g/mol. The van der Waals surface area contributed by atoms with Gasteiger partial charge in [-0.15, -0.1) is 5.10 Å². The molecule has 2 N–H and O–H groups in total. The van der Waals surface area contributed by atoms with Crippen LogP contribution in [0.15, 0.2) is 54.7 Å². The summed E-state index contributed by atoms with van der Waals surface area (Å²) in [5, 5.41) is 18.9. The van der Waals surface area contributed by atoms with Crippen LogP contribution in [0.25, 0.3) is 0 Å². The maximum atomic E-state index is 12.2. The van der Waals surface area contributed by atoms with E-state index >= 15 is 0 Å². The van der Waals surface area contributed by atoms with Gasteiger partial charge in [-0.25, -0.2) is 13.1 Å². The highest BCUT2D eigenvalue weighted by Gasteiger charge is 2.33. The molecule has 0 spiro atoms. The zero-order chi connectivity index (χ0) is 24.6. The van der Waals surface area contributed by atoms with Gasteiger partial charge in [-0.2, -0.15) is 0 Å². The molecule has 0 radical (unpaired) electrons. The van der Waals surface area contributed by atoms with Crippen molar-refractivity contribution in [3.63, 3.8) is 0 Å². The minimum atomic E-state index is -3.36. The van der Waals surface area contributed by atoms with E-state index < -0.39 is 21.4 Å². The molecule has 1 saturated heterocycles. The number of sulfonamides is 1. The SMILES string of the molecule is CC(C)S(=O)(=O)Nc1cccc(C2CCN(Cc3cn([C@@H]4c5ccccc5C[C@H]4O)nn3)CC2)c1. The van der Waals surface area contributed by atoms with Crippen LogP contribution in [0.4, 0.5) is 5.69 Å². The number of hydrogen-bond donors (Lipinski definition) is 2. The first-order chi connectivity index (χ1) is 16.8. The Balaban J connectivity index is 1.19. The van der Waals surface area contributed by atoms with Crippen LogP contribution in [0, 0.1) is 0 Å². The summed E-state index contributed by atoms with van der Waals surface area (Å²) >= 11 is 0. The largest absolute Gasteiger partial charge is 0.390 e. The van der Waals surface area contributed by atoms with Crippen molar-refractivity contribution in [1.82, 2.24) is 19.9 Å². The maximum Gasteiger partial charge on any atom is 0.235 e. The first-order valence-corrected chi connectivity index (χ1v) is 13.9. The second-order valence-electron chi connectivity index (χ2n) is 9.98. The van der Waals surface area contributed by atoms with Gasteiger partial charge in [-0.05, 0) is 74.5 Å². The lowest BCUT2D eigenvalue weighted by Crippen LogP contribution is -2.32. The Labute approximate surface area is 207 Å². The Kier molecular flexibility index (Phi) is 6.65. The van der Waals surface area contributed by atoms with Crippen molar-refractivity contribution in [2.75, 3.05) is 17.8 Å². The molecule has 0 unspecified atom stereocenters. The summed E-state index contributed by atoms with van der Waals surface area (Å²) in [6, 6.07) is 15.7. The van der Waals surface area contributed by atoms with E-state index in [1.54, 1.807) is 13.8 Å². The molecule has 186 valence electrons. The number of aliphatic hydroxyl groups excluding tert-OH is 1. The van der Waals surface area contributed by atoms with Crippen LogP contribution in [0.5, 0.6) is 0 Å². The van der Waals surface area contributed by atoms with Crippen molar-refractivity contribution < 1.29 is 13.5 Å². The molecule has 35 heavy (non-hydrogen) atoms. The summed E-state index contributed by atoms with van der Waals surface area (Å²) in [5.41, 5.74) is 5.00. The van der Waals surface area contributed by atoms with Crippen molar-refractivity contribution in [2.24, 2.45) is 0 Å². The van der Waals surface area contributed by atoms with E-state index in [9.17, 15) is 13.5 Å². The Morgan fingerprint density at radius 1 is 1.11 bits per heavy atom. The van der Waals surface area contributed by atoms with E-state index in [2.05, 4.69) is 38.1 Å². The highest BCUT2D eigenvalue weighted by molar-refractivity contribution is 7.93. The number of piperidine rings is 1. The highest BCUT2D eigenvalue weighted by Crippen LogP contribution is 2.34. The first kappa shape index (κ1) is 24.0. The Morgan fingerprint density at radius 2 is 1.89 bits per heavy atom. The number of fused-ring (bicyclic) bond motifs is 1. The van der Waals surface area contributed by atoms with Crippen LogP contribution in [-0.2, 0) is 23.0 Å². The van der Waals surface area contributed by atoms with E-state index in [0.717, 1.165) is 43.7 Å². The van der Waals surface area contributed by atoms with Gasteiger partial charge in [-0.3, -0.25) is 9.62 Å². The molecule has 2 atom stereocenters. The quantitative estimate of drug-likeness (QED) is 0.522. The molecule has 2 heterocycles. The zero-order valence-electron chi connectivity index (χ0n) is 20.2. The number of aromatic nitrogens is 3. The molecule has 2 aliphatic rings. The normalized spacial score (nSPS) is 21.4. The molecule has 1 aliphatic carbocycles. The molecule has 8 nitrogen and oxygen atoms in total. The molecule has 0 bridgehead atoms. The summed E-state index contributed by atoms with van der Waals surface area (Å²) in [6.07, 6.45) is 4.13. The van der Waals surface area contributed by atoms with Crippen LogP contribution in [0.3, 0.4) is 0 Å². The molecular weight excluding hydrogens is 462 g/mol. The average molecular weight is 496 g/mol. The Hall–Kier alpha value is -2.75. The number of nitrogens with one attached hydrogen (secondary N) is 1. The van der Waals surface area contributed by atoms with E-state index in [-0.39, 0.29) is 6.04 Å². The molecular formula is C26H33N5O3S. The lowest BCUT2D eigenvalue weighted by molar-refractivity contribution is 0.137. The van der Waals surface area contributed by atoms with E-state index in [0.29, 0.717) is 18.0 Å². The molecule has 9 heteroatoms. The van der Waals surface area contributed by atoms with E-state index in [1.807, 2.05) is 41.2 Å². The molecule has 1 fully saturated rings. The minimum Gasteiger partial charge on any atom is -0.390 e. The predicted octanol–water partition coefficient (Wildman–Crippen LogP) is 3.31. The topological polar surface area (TPSA) is 100 Å². The number of hydrogen-bond acceptors (Lipinski definition) is 6. The van der Waals surface area contributed by atoms with Crippen molar-refractivity contribution >= 4 is 15.7 Å². The van der Waals surface area contributed by atoms with Gasteiger partial charge in [0.15, 0.2) is 0 Å². The number of anilines is 1. The summed E-state index contributed by atoms with van der Waals surface area (Å²) in [7, 11) is -3.36. The smallest absolute Gasteiger partial charge is 0.235 e. The fraction of sp³-hybridized carbons (Fsp3) is 0.462. The lowest BCUT2D eigenvalue weighted by atomic mass is 9.89. The first-order valence-electron chi connectivity index (χ1n) is 12.3. The third kappa shape index (κ3) is 5.12. The van der Waals surface area contributed by atoms with Crippen molar-refractivity contribution in [3.05, 3.63) is 77.1 Å². The van der Waals surface area contributed by atoms with E-state index in [1.165, 1.54) is 11.1 Å². The second-order valence-corrected chi connectivity index (χ2v) is 12.2. The Morgan fingerprint density at radius 3 is 2.66 bits per heavy atom. The predicted molar refractivity (Wildman–Crippen MR) is 136 cm³/mol.